The molecule has 7 nitrogen and oxygen atoms in total. The third-order valence-electron chi connectivity index (χ3n) is 6.95. The molecule has 1 aliphatic rings. The van der Waals surface area contributed by atoms with Crippen molar-refractivity contribution >= 4 is 45.8 Å². The minimum atomic E-state index is -0.813. The average Bonchev–Trinajstić information content (AvgIpc) is 3.56. The molecule has 5 aromatic rings. The summed E-state index contributed by atoms with van der Waals surface area (Å²) in [6, 6.07) is 21.8. The normalized spacial score (nSPS) is 15.1. The molecule has 3 heterocycles. The molecule has 0 fully saturated rings. The highest BCUT2D eigenvalue weighted by atomic mass is 35.5. The number of benzene rings is 3. The fourth-order valence-corrected chi connectivity index (χ4v) is 6.37. The highest BCUT2D eigenvalue weighted by molar-refractivity contribution is 7.07. The molecule has 0 bridgehead atoms. The van der Waals surface area contributed by atoms with E-state index in [4.69, 9.17) is 25.5 Å². The van der Waals surface area contributed by atoms with E-state index in [2.05, 4.69) is 4.99 Å². The summed E-state index contributed by atoms with van der Waals surface area (Å²) in [7, 11) is 1.58. The number of thiazole rings is 1. The molecule has 1 aliphatic heterocycles. The molecule has 1 atom stereocenters. The van der Waals surface area contributed by atoms with Crippen LogP contribution in [-0.2, 0) is 9.53 Å². The molecule has 206 valence electrons. The van der Waals surface area contributed by atoms with Crippen LogP contribution in [0, 0.1) is 0 Å². The van der Waals surface area contributed by atoms with Crippen molar-refractivity contribution < 1.29 is 18.7 Å². The number of furan rings is 1. The van der Waals surface area contributed by atoms with Crippen LogP contribution in [0.25, 0.3) is 28.2 Å². The number of hydrogen-bond donors (Lipinski definition) is 0. The Morgan fingerprint density at radius 1 is 1.12 bits per heavy atom. The molecule has 0 saturated carbocycles. The number of ether oxygens (including phenoxy) is 2. The van der Waals surface area contributed by atoms with Crippen LogP contribution in [0.4, 0.5) is 0 Å². The van der Waals surface area contributed by atoms with Crippen molar-refractivity contribution in [1.29, 1.82) is 0 Å². The molecule has 0 radical (unpaired) electrons. The predicted octanol–water partition coefficient (Wildman–Crippen LogP) is 5.87. The van der Waals surface area contributed by atoms with Crippen LogP contribution in [-0.4, -0.2) is 24.3 Å². The first-order valence-electron chi connectivity index (χ1n) is 13.0. The van der Waals surface area contributed by atoms with E-state index in [1.54, 1.807) is 43.7 Å². The molecule has 0 saturated heterocycles. The maximum absolute atomic E-state index is 14.1. The van der Waals surface area contributed by atoms with Gasteiger partial charge in [0.25, 0.3) is 5.56 Å². The highest BCUT2D eigenvalue weighted by Crippen LogP contribution is 2.40. The number of allylic oxidation sites excluding steroid dienone is 1. The first kappa shape index (κ1) is 26.8. The first-order chi connectivity index (χ1) is 19.9. The van der Waals surface area contributed by atoms with Crippen molar-refractivity contribution in [1.82, 2.24) is 4.57 Å². The van der Waals surface area contributed by atoms with Crippen molar-refractivity contribution in [3.63, 3.8) is 0 Å². The van der Waals surface area contributed by atoms with Crippen LogP contribution in [0.1, 0.15) is 31.2 Å². The topological polar surface area (TPSA) is 83.0 Å². The second-order valence-electron chi connectivity index (χ2n) is 9.42. The van der Waals surface area contributed by atoms with E-state index >= 15 is 0 Å². The molecular weight excluding hydrogens is 560 g/mol. The Morgan fingerprint density at radius 3 is 2.73 bits per heavy atom. The number of rotatable bonds is 6. The summed E-state index contributed by atoms with van der Waals surface area (Å²) in [6.45, 7) is 3.70. The predicted molar refractivity (Wildman–Crippen MR) is 160 cm³/mol. The molecule has 0 amide bonds. The van der Waals surface area contributed by atoms with Gasteiger partial charge in [-0.1, -0.05) is 65.4 Å². The van der Waals surface area contributed by atoms with Crippen LogP contribution < -0.4 is 19.6 Å². The zero-order chi connectivity index (χ0) is 28.7. The number of hydrogen-bond acceptors (Lipinski definition) is 7. The number of nitrogens with zero attached hydrogens (tertiary/aromatic N) is 2. The summed E-state index contributed by atoms with van der Waals surface area (Å²) < 4.78 is 19.3. The van der Waals surface area contributed by atoms with Gasteiger partial charge in [-0.15, -0.1) is 0 Å². The van der Waals surface area contributed by atoms with Crippen LogP contribution in [0.2, 0.25) is 5.02 Å². The third kappa shape index (κ3) is 4.79. The monoisotopic (exact) mass is 584 g/mol. The largest absolute Gasteiger partial charge is 0.496 e. The number of aromatic nitrogens is 1. The van der Waals surface area contributed by atoms with Crippen molar-refractivity contribution in [2.45, 2.75) is 19.9 Å². The fourth-order valence-electron chi connectivity index (χ4n) is 5.16. The lowest BCUT2D eigenvalue weighted by molar-refractivity contribution is -0.139. The van der Waals surface area contributed by atoms with Gasteiger partial charge in [0, 0.05) is 22.2 Å². The lowest BCUT2D eigenvalue weighted by Crippen LogP contribution is -2.40. The molecule has 41 heavy (non-hydrogen) atoms. The van der Waals surface area contributed by atoms with E-state index < -0.39 is 12.0 Å². The average molecular weight is 585 g/mol. The van der Waals surface area contributed by atoms with Gasteiger partial charge in [0.05, 0.1) is 29.5 Å². The van der Waals surface area contributed by atoms with Gasteiger partial charge in [0.2, 0.25) is 0 Å². The number of fused-ring (bicyclic) bond motifs is 2. The van der Waals surface area contributed by atoms with E-state index in [-0.39, 0.29) is 12.2 Å². The summed E-state index contributed by atoms with van der Waals surface area (Å²) in [5, 5.41) is 2.41. The van der Waals surface area contributed by atoms with Crippen molar-refractivity contribution in [2.75, 3.05) is 13.7 Å². The fraction of sp³-hybridized carbons (Fsp3) is 0.156. The molecule has 0 spiro atoms. The molecule has 6 rings (SSSR count). The minimum Gasteiger partial charge on any atom is -0.496 e. The highest BCUT2D eigenvalue weighted by Gasteiger charge is 2.36. The van der Waals surface area contributed by atoms with E-state index in [0.29, 0.717) is 48.5 Å². The molecule has 2 aromatic heterocycles. The van der Waals surface area contributed by atoms with Gasteiger partial charge in [0.15, 0.2) is 4.80 Å². The van der Waals surface area contributed by atoms with Crippen molar-refractivity contribution in [3.8, 4) is 17.1 Å². The van der Waals surface area contributed by atoms with E-state index in [1.165, 1.54) is 11.3 Å². The molecule has 3 aromatic carbocycles. The Bertz CT molecular complexity index is 2030. The van der Waals surface area contributed by atoms with Crippen LogP contribution in [0.15, 0.2) is 98.3 Å². The Morgan fingerprint density at radius 2 is 1.95 bits per heavy atom. The van der Waals surface area contributed by atoms with E-state index in [1.807, 2.05) is 60.7 Å². The second kappa shape index (κ2) is 10.9. The molecular formula is C32H25ClN2O5S. The Labute approximate surface area is 244 Å². The van der Waals surface area contributed by atoms with Gasteiger partial charge in [0.1, 0.15) is 23.3 Å². The standard InChI is InChI=1S/C32H25ClN2O5S/c1-4-39-31(37)27-18(2)34-32-35(29(27)28-23-11-6-5-8-19(23)12-14-25(28)38-3)30(36)26(41-32)17-22-13-15-24(40-22)20-9-7-10-21(33)16-20/h5-17,29H,4H2,1-3H3/b26-17+/t29-/m0/s1. The number of carbonyl (C=O) groups is 1. The maximum atomic E-state index is 14.1. The summed E-state index contributed by atoms with van der Waals surface area (Å²) in [6.07, 6.45) is 1.69. The minimum absolute atomic E-state index is 0.187. The third-order valence-corrected chi connectivity index (χ3v) is 8.17. The van der Waals surface area contributed by atoms with Crippen LogP contribution in [0.3, 0.4) is 0 Å². The molecule has 0 unspecified atom stereocenters. The van der Waals surface area contributed by atoms with Gasteiger partial charge in [-0.25, -0.2) is 9.79 Å². The number of methoxy groups -OCH3 is 1. The van der Waals surface area contributed by atoms with Gasteiger partial charge in [-0.2, -0.15) is 0 Å². The number of esters is 1. The van der Waals surface area contributed by atoms with Crippen LogP contribution >= 0.6 is 22.9 Å². The van der Waals surface area contributed by atoms with Crippen molar-refractivity contribution in [2.24, 2.45) is 4.99 Å². The summed E-state index contributed by atoms with van der Waals surface area (Å²) in [5.74, 6) is 1.16. The molecule has 0 aliphatic carbocycles. The SMILES string of the molecule is CCOC(=O)C1=C(C)N=c2s/c(=C/c3ccc(-c4cccc(Cl)c4)o3)c(=O)n2[C@@H]1c1c(OC)ccc2ccccc12. The van der Waals surface area contributed by atoms with Gasteiger partial charge in [-0.3, -0.25) is 9.36 Å². The molecule has 9 heteroatoms. The Kier molecular flexibility index (Phi) is 7.11. The number of carbonyl (C=O) groups excluding carboxylic acids is 1. The van der Waals surface area contributed by atoms with Gasteiger partial charge in [-0.05, 0) is 55.0 Å². The lowest BCUT2D eigenvalue weighted by atomic mass is 9.90. The maximum Gasteiger partial charge on any atom is 0.338 e. The van der Waals surface area contributed by atoms with Crippen molar-refractivity contribution in [3.05, 3.63) is 120 Å². The summed E-state index contributed by atoms with van der Waals surface area (Å²) >= 11 is 7.38. The second-order valence-corrected chi connectivity index (χ2v) is 10.9. The first-order valence-corrected chi connectivity index (χ1v) is 14.2. The van der Waals surface area contributed by atoms with E-state index in [0.717, 1.165) is 16.3 Å². The van der Waals surface area contributed by atoms with E-state index in [9.17, 15) is 9.59 Å². The zero-order valence-electron chi connectivity index (χ0n) is 22.5. The smallest absolute Gasteiger partial charge is 0.338 e. The molecule has 0 N–H and O–H groups in total. The number of halogens is 1. The van der Waals surface area contributed by atoms with Gasteiger partial charge < -0.3 is 13.9 Å². The quantitative estimate of drug-likeness (QED) is 0.233. The Hall–Kier alpha value is -4.40. The Balaban J connectivity index is 1.57. The zero-order valence-corrected chi connectivity index (χ0v) is 24.1. The van der Waals surface area contributed by atoms with Gasteiger partial charge >= 0.3 is 5.97 Å². The summed E-state index contributed by atoms with van der Waals surface area (Å²) in [5.41, 5.74) is 2.00. The summed E-state index contributed by atoms with van der Waals surface area (Å²) in [4.78, 5) is 32.6. The van der Waals surface area contributed by atoms with Crippen LogP contribution in [0.5, 0.6) is 5.75 Å². The lowest BCUT2D eigenvalue weighted by Gasteiger charge is -2.27.